The third-order valence-electron chi connectivity index (χ3n) is 3.95. The molecule has 0 radical (unpaired) electrons. The molecule has 108 valence electrons. The van der Waals surface area contributed by atoms with Gasteiger partial charge in [0.05, 0.1) is 0 Å². The average molecular weight is 255 g/mol. The fourth-order valence-electron chi connectivity index (χ4n) is 2.88. The van der Waals surface area contributed by atoms with Gasteiger partial charge in [-0.1, -0.05) is 13.8 Å². The summed E-state index contributed by atoms with van der Waals surface area (Å²) in [5, 5.41) is 3.43. The van der Waals surface area contributed by atoms with Crippen LogP contribution in [0.3, 0.4) is 0 Å². The summed E-state index contributed by atoms with van der Waals surface area (Å²) in [6.45, 7) is 16.4. The lowest BCUT2D eigenvalue weighted by atomic mass is 10.0. The summed E-state index contributed by atoms with van der Waals surface area (Å²) < 4.78 is 0. The normalized spacial score (nSPS) is 18.8. The Kier molecular flexibility index (Phi) is 6.61. The zero-order chi connectivity index (χ0) is 13.6. The maximum Gasteiger partial charge on any atom is 0.0281 e. The van der Waals surface area contributed by atoms with Crippen LogP contribution in [0.5, 0.6) is 0 Å². The molecule has 0 atom stereocenters. The lowest BCUT2D eigenvalue weighted by molar-refractivity contribution is 0.0707. The Bertz CT molecular complexity index is 220. The molecule has 0 aromatic rings. The predicted octanol–water partition coefficient (Wildman–Crippen LogP) is 2.04. The number of hydrogen-bond donors (Lipinski definition) is 1. The molecule has 1 fully saturated rings. The van der Waals surface area contributed by atoms with E-state index in [0.29, 0.717) is 5.54 Å². The summed E-state index contributed by atoms with van der Waals surface area (Å²) in [4.78, 5) is 5.13. The Morgan fingerprint density at radius 2 is 1.83 bits per heavy atom. The molecule has 0 bridgehead atoms. The maximum atomic E-state index is 3.43. The lowest BCUT2D eigenvalue weighted by Crippen LogP contribution is -2.57. The molecular formula is C15H33N3. The van der Waals surface area contributed by atoms with Gasteiger partial charge < -0.3 is 10.2 Å². The first-order chi connectivity index (χ1) is 8.42. The molecule has 0 spiro atoms. The quantitative estimate of drug-likeness (QED) is 0.751. The molecule has 1 N–H and O–H groups in total. The van der Waals surface area contributed by atoms with E-state index in [1.807, 2.05) is 0 Å². The van der Waals surface area contributed by atoms with Gasteiger partial charge in [-0.25, -0.2) is 0 Å². The van der Waals surface area contributed by atoms with E-state index in [2.05, 4.69) is 49.9 Å². The minimum absolute atomic E-state index is 0.300. The van der Waals surface area contributed by atoms with Crippen LogP contribution in [0, 0.1) is 5.92 Å². The Morgan fingerprint density at radius 3 is 2.39 bits per heavy atom. The molecule has 0 amide bonds. The Balaban J connectivity index is 2.29. The second-order valence-corrected chi connectivity index (χ2v) is 6.82. The average Bonchev–Trinajstić information content (AvgIpc) is 2.29. The van der Waals surface area contributed by atoms with Crippen LogP contribution in [0.1, 0.15) is 40.5 Å². The number of likely N-dealkylation sites (N-methyl/N-ethyl adjacent to an activating group) is 1. The van der Waals surface area contributed by atoms with Crippen molar-refractivity contribution in [3.05, 3.63) is 0 Å². The van der Waals surface area contributed by atoms with Crippen LogP contribution >= 0.6 is 0 Å². The second-order valence-electron chi connectivity index (χ2n) is 6.82. The zero-order valence-electron chi connectivity index (χ0n) is 13.1. The summed E-state index contributed by atoms with van der Waals surface area (Å²) in [7, 11) is 2.27. The van der Waals surface area contributed by atoms with Gasteiger partial charge in [-0.2, -0.15) is 0 Å². The molecule has 0 unspecified atom stereocenters. The van der Waals surface area contributed by atoms with Crippen LogP contribution in [0.25, 0.3) is 0 Å². The van der Waals surface area contributed by atoms with E-state index in [1.54, 1.807) is 0 Å². The lowest BCUT2D eigenvalue weighted by Gasteiger charge is -2.43. The molecule has 0 aliphatic carbocycles. The predicted molar refractivity (Wildman–Crippen MR) is 80.1 cm³/mol. The third-order valence-corrected chi connectivity index (χ3v) is 3.95. The van der Waals surface area contributed by atoms with Crippen molar-refractivity contribution in [3.63, 3.8) is 0 Å². The molecule has 3 heteroatoms. The smallest absolute Gasteiger partial charge is 0.0281 e. The number of hydrogen-bond acceptors (Lipinski definition) is 3. The van der Waals surface area contributed by atoms with Crippen molar-refractivity contribution in [2.24, 2.45) is 5.92 Å². The highest BCUT2D eigenvalue weighted by Crippen LogP contribution is 2.16. The minimum Gasteiger partial charge on any atom is -0.314 e. The standard InChI is InChI=1S/C15H33N3/c1-14(2)7-6-10-17(5)13-15(3,4)18-11-8-16-9-12-18/h14,16H,6-13H2,1-5H3. The first-order valence-electron chi connectivity index (χ1n) is 7.56. The highest BCUT2D eigenvalue weighted by Gasteiger charge is 2.28. The summed E-state index contributed by atoms with van der Waals surface area (Å²) in [5.74, 6) is 0.833. The van der Waals surface area contributed by atoms with Gasteiger partial charge in [0, 0.05) is 38.3 Å². The Hall–Kier alpha value is -0.120. The molecule has 18 heavy (non-hydrogen) atoms. The van der Waals surface area contributed by atoms with Gasteiger partial charge >= 0.3 is 0 Å². The number of nitrogens with one attached hydrogen (secondary N) is 1. The Labute approximate surface area is 114 Å². The van der Waals surface area contributed by atoms with E-state index in [9.17, 15) is 0 Å². The highest BCUT2D eigenvalue weighted by molar-refractivity contribution is 4.87. The van der Waals surface area contributed by atoms with Gasteiger partial charge in [0.1, 0.15) is 0 Å². The van der Waals surface area contributed by atoms with Gasteiger partial charge in [-0.05, 0) is 46.2 Å². The number of piperazine rings is 1. The molecule has 0 saturated carbocycles. The van der Waals surface area contributed by atoms with E-state index in [0.717, 1.165) is 19.0 Å². The molecule has 0 aromatic heterocycles. The molecule has 1 rings (SSSR count). The fourth-order valence-corrected chi connectivity index (χ4v) is 2.88. The van der Waals surface area contributed by atoms with Crippen molar-refractivity contribution in [2.45, 2.75) is 46.1 Å². The summed E-state index contributed by atoms with van der Waals surface area (Å²) >= 11 is 0. The van der Waals surface area contributed by atoms with Crippen LogP contribution in [-0.2, 0) is 0 Å². The van der Waals surface area contributed by atoms with Crippen LogP contribution in [0.4, 0.5) is 0 Å². The van der Waals surface area contributed by atoms with Gasteiger partial charge in [-0.15, -0.1) is 0 Å². The molecule has 3 nitrogen and oxygen atoms in total. The highest BCUT2D eigenvalue weighted by atomic mass is 15.3. The van der Waals surface area contributed by atoms with E-state index < -0.39 is 0 Å². The van der Waals surface area contributed by atoms with E-state index in [-0.39, 0.29) is 0 Å². The van der Waals surface area contributed by atoms with Gasteiger partial charge in [0.2, 0.25) is 0 Å². The SMILES string of the molecule is CC(C)CCCN(C)CC(C)(C)N1CCNCC1. The topological polar surface area (TPSA) is 18.5 Å². The Morgan fingerprint density at radius 1 is 1.22 bits per heavy atom. The van der Waals surface area contributed by atoms with Crippen molar-refractivity contribution in [1.29, 1.82) is 0 Å². The van der Waals surface area contributed by atoms with E-state index in [4.69, 9.17) is 0 Å². The summed E-state index contributed by atoms with van der Waals surface area (Å²) in [6.07, 6.45) is 2.67. The summed E-state index contributed by atoms with van der Waals surface area (Å²) in [6, 6.07) is 0. The van der Waals surface area contributed by atoms with Gasteiger partial charge in [0.15, 0.2) is 0 Å². The summed E-state index contributed by atoms with van der Waals surface area (Å²) in [5.41, 5.74) is 0.300. The van der Waals surface area contributed by atoms with Crippen molar-refractivity contribution in [1.82, 2.24) is 15.1 Å². The van der Waals surface area contributed by atoms with Gasteiger partial charge in [-0.3, -0.25) is 4.90 Å². The van der Waals surface area contributed by atoms with Crippen molar-refractivity contribution in [3.8, 4) is 0 Å². The fraction of sp³-hybridized carbons (Fsp3) is 1.00. The molecule has 1 aliphatic heterocycles. The van der Waals surface area contributed by atoms with E-state index in [1.165, 1.54) is 39.0 Å². The van der Waals surface area contributed by atoms with Crippen molar-refractivity contribution in [2.75, 3.05) is 46.3 Å². The minimum atomic E-state index is 0.300. The van der Waals surface area contributed by atoms with Crippen molar-refractivity contribution < 1.29 is 0 Å². The molecule has 0 aromatic carbocycles. The monoisotopic (exact) mass is 255 g/mol. The van der Waals surface area contributed by atoms with Crippen LogP contribution in [-0.4, -0.2) is 61.7 Å². The third kappa shape index (κ3) is 5.68. The second kappa shape index (κ2) is 7.46. The maximum absolute atomic E-state index is 3.43. The zero-order valence-corrected chi connectivity index (χ0v) is 13.1. The number of rotatable bonds is 7. The molecule has 1 saturated heterocycles. The van der Waals surface area contributed by atoms with Crippen LogP contribution < -0.4 is 5.32 Å². The first kappa shape index (κ1) is 15.9. The van der Waals surface area contributed by atoms with Crippen LogP contribution in [0.15, 0.2) is 0 Å². The van der Waals surface area contributed by atoms with Crippen molar-refractivity contribution >= 4 is 0 Å². The molecule has 1 aliphatic rings. The molecule has 1 heterocycles. The molecular weight excluding hydrogens is 222 g/mol. The first-order valence-corrected chi connectivity index (χ1v) is 7.56. The van der Waals surface area contributed by atoms with E-state index >= 15 is 0 Å². The van der Waals surface area contributed by atoms with Crippen LogP contribution in [0.2, 0.25) is 0 Å². The number of nitrogens with zero attached hydrogens (tertiary/aromatic N) is 2. The van der Waals surface area contributed by atoms with Gasteiger partial charge in [0.25, 0.3) is 0 Å². The largest absolute Gasteiger partial charge is 0.314 e.